The minimum Gasteiger partial charge on any atom is -0.469 e. The van der Waals surface area contributed by atoms with E-state index in [2.05, 4.69) is 48.9 Å². The van der Waals surface area contributed by atoms with E-state index in [0.717, 1.165) is 86.5 Å². The van der Waals surface area contributed by atoms with Gasteiger partial charge in [0.05, 0.1) is 7.11 Å². The van der Waals surface area contributed by atoms with Gasteiger partial charge in [-0.25, -0.2) is 9.97 Å². The molecule has 0 aliphatic rings. The van der Waals surface area contributed by atoms with E-state index >= 15 is 0 Å². The summed E-state index contributed by atoms with van der Waals surface area (Å²) in [5.41, 5.74) is 3.00. The Hall–Kier alpha value is -2.37. The lowest BCUT2D eigenvalue weighted by molar-refractivity contribution is -0.140. The monoisotopic (exact) mass is 456 g/mol. The van der Waals surface area contributed by atoms with Gasteiger partial charge >= 0.3 is 5.97 Å². The van der Waals surface area contributed by atoms with E-state index in [4.69, 9.17) is 14.7 Å². The first-order valence-corrected chi connectivity index (χ1v) is 12.9. The molecular formula is C27H44N4O2. The molecule has 0 fully saturated rings. The zero-order chi connectivity index (χ0) is 24.1. The lowest BCUT2D eigenvalue weighted by atomic mass is 10.1. The summed E-state index contributed by atoms with van der Waals surface area (Å²) in [6.07, 6.45) is 11.2. The second kappa shape index (κ2) is 14.7. The van der Waals surface area contributed by atoms with E-state index in [1.54, 1.807) is 0 Å². The molecule has 6 nitrogen and oxygen atoms in total. The number of aryl methyl sites for hydroxylation is 1. The quantitative estimate of drug-likeness (QED) is 0.194. The fourth-order valence-electron chi connectivity index (χ4n) is 4.09. The van der Waals surface area contributed by atoms with Gasteiger partial charge in [0.15, 0.2) is 5.65 Å². The van der Waals surface area contributed by atoms with Crippen LogP contribution in [0.25, 0.3) is 16.7 Å². The lowest BCUT2D eigenvalue weighted by Gasteiger charge is -2.23. The van der Waals surface area contributed by atoms with Crippen LogP contribution in [0, 0.1) is 0 Å². The lowest BCUT2D eigenvalue weighted by Crippen LogP contribution is -2.26. The van der Waals surface area contributed by atoms with E-state index in [-0.39, 0.29) is 5.97 Å². The summed E-state index contributed by atoms with van der Waals surface area (Å²) in [6, 6.07) is 4.25. The van der Waals surface area contributed by atoms with Crippen molar-refractivity contribution in [2.24, 2.45) is 0 Å². The minimum absolute atomic E-state index is 0.123. The van der Waals surface area contributed by atoms with Crippen molar-refractivity contribution in [3.8, 4) is 0 Å². The molecule has 0 saturated carbocycles. The Labute approximate surface area is 200 Å². The molecule has 0 N–H and O–H groups in total. The second-order valence-corrected chi connectivity index (χ2v) is 8.89. The van der Waals surface area contributed by atoms with Crippen LogP contribution in [0.4, 0.5) is 5.82 Å². The van der Waals surface area contributed by atoms with Gasteiger partial charge in [-0.1, -0.05) is 53.0 Å². The number of ether oxygens (including phenoxy) is 1. The van der Waals surface area contributed by atoms with Crippen LogP contribution >= 0.6 is 0 Å². The maximum atomic E-state index is 11.2. The molecular weight excluding hydrogens is 412 g/mol. The molecule has 2 heterocycles. The highest BCUT2D eigenvalue weighted by Crippen LogP contribution is 2.26. The van der Waals surface area contributed by atoms with Gasteiger partial charge in [-0.15, -0.1) is 0 Å². The standard InChI is InChI=1S/C27H44N4O2/c1-6-9-20-30(21-10-7-2)24-18-17-23-27(29-24)31(19-8-3)26(28-23)22(4)15-13-11-12-14-16-25(32)33-5/h17-18H,4,6-16,19-21H2,1-3,5H3. The second-order valence-electron chi connectivity index (χ2n) is 8.89. The van der Waals surface area contributed by atoms with Crippen LogP contribution in [-0.2, 0) is 16.1 Å². The average molecular weight is 457 g/mol. The zero-order valence-corrected chi connectivity index (χ0v) is 21.4. The number of carbonyl (C=O) groups is 1. The summed E-state index contributed by atoms with van der Waals surface area (Å²) in [7, 11) is 1.44. The van der Waals surface area contributed by atoms with Crippen molar-refractivity contribution in [2.45, 2.75) is 97.9 Å². The number of pyridine rings is 1. The minimum atomic E-state index is -0.123. The fraction of sp³-hybridized carbons (Fsp3) is 0.667. The number of carbonyl (C=O) groups excluding carboxylic acids is 1. The molecule has 2 rings (SSSR count). The molecule has 6 heteroatoms. The first-order valence-electron chi connectivity index (χ1n) is 12.9. The van der Waals surface area contributed by atoms with Gasteiger partial charge in [-0.3, -0.25) is 4.79 Å². The Kier molecular flexibility index (Phi) is 12.0. The van der Waals surface area contributed by atoms with Crippen LogP contribution in [-0.4, -0.2) is 40.7 Å². The van der Waals surface area contributed by atoms with Gasteiger partial charge in [-0.05, 0) is 56.2 Å². The molecule has 0 atom stereocenters. The van der Waals surface area contributed by atoms with E-state index in [1.165, 1.54) is 32.8 Å². The molecule has 0 aliphatic carbocycles. The summed E-state index contributed by atoms with van der Waals surface area (Å²) in [5, 5.41) is 0. The van der Waals surface area contributed by atoms with Gasteiger partial charge in [0.2, 0.25) is 0 Å². The topological polar surface area (TPSA) is 60.2 Å². The van der Waals surface area contributed by atoms with E-state index < -0.39 is 0 Å². The number of allylic oxidation sites excluding steroid dienone is 1. The molecule has 184 valence electrons. The van der Waals surface area contributed by atoms with Crippen molar-refractivity contribution in [1.29, 1.82) is 0 Å². The summed E-state index contributed by atoms with van der Waals surface area (Å²) < 4.78 is 6.97. The number of fused-ring (bicyclic) bond motifs is 1. The van der Waals surface area contributed by atoms with E-state index in [0.29, 0.717) is 6.42 Å². The Morgan fingerprint density at radius 2 is 1.61 bits per heavy atom. The summed E-state index contributed by atoms with van der Waals surface area (Å²) >= 11 is 0. The maximum Gasteiger partial charge on any atom is 0.305 e. The highest BCUT2D eigenvalue weighted by atomic mass is 16.5. The molecule has 0 amide bonds. The van der Waals surface area contributed by atoms with Gasteiger partial charge in [0.25, 0.3) is 0 Å². The van der Waals surface area contributed by atoms with Crippen LogP contribution in [0.15, 0.2) is 18.7 Å². The third kappa shape index (κ3) is 8.17. The molecule has 0 spiro atoms. The number of esters is 1. The number of anilines is 1. The van der Waals surface area contributed by atoms with Crippen molar-refractivity contribution in [3.63, 3.8) is 0 Å². The van der Waals surface area contributed by atoms with Gasteiger partial charge in [0, 0.05) is 26.1 Å². The highest BCUT2D eigenvalue weighted by Gasteiger charge is 2.16. The molecule has 0 aliphatic heterocycles. The SMILES string of the molecule is C=C(CCCCCCC(=O)OC)c1nc2ccc(N(CCCC)CCCC)nc2n1CCC. The average Bonchev–Trinajstić information content (AvgIpc) is 3.19. The predicted octanol–water partition coefficient (Wildman–Crippen LogP) is 6.77. The Balaban J connectivity index is 2.12. The molecule has 0 radical (unpaired) electrons. The summed E-state index contributed by atoms with van der Waals surface area (Å²) in [4.78, 5) is 23.7. The zero-order valence-electron chi connectivity index (χ0n) is 21.4. The molecule has 0 bridgehead atoms. The van der Waals surface area contributed by atoms with Crippen molar-refractivity contribution in [3.05, 3.63) is 24.5 Å². The van der Waals surface area contributed by atoms with Crippen molar-refractivity contribution < 1.29 is 9.53 Å². The van der Waals surface area contributed by atoms with Crippen LogP contribution in [0.3, 0.4) is 0 Å². The number of unbranched alkanes of at least 4 members (excludes halogenated alkanes) is 5. The Morgan fingerprint density at radius 1 is 0.939 bits per heavy atom. The first-order chi connectivity index (χ1) is 16.0. The largest absolute Gasteiger partial charge is 0.469 e. The molecule has 0 aromatic carbocycles. The summed E-state index contributed by atoms with van der Waals surface area (Å²) in [5.74, 6) is 1.91. The Bertz CT molecular complexity index is 866. The summed E-state index contributed by atoms with van der Waals surface area (Å²) in [6.45, 7) is 14.0. The number of rotatable bonds is 17. The van der Waals surface area contributed by atoms with Gasteiger partial charge in [0.1, 0.15) is 17.2 Å². The van der Waals surface area contributed by atoms with Gasteiger partial charge < -0.3 is 14.2 Å². The normalized spacial score (nSPS) is 11.2. The first kappa shape index (κ1) is 26.9. The van der Waals surface area contributed by atoms with Crippen LogP contribution in [0.1, 0.15) is 97.2 Å². The molecule has 33 heavy (non-hydrogen) atoms. The van der Waals surface area contributed by atoms with Crippen LogP contribution in [0.2, 0.25) is 0 Å². The number of imidazole rings is 1. The predicted molar refractivity (Wildman–Crippen MR) is 139 cm³/mol. The highest BCUT2D eigenvalue weighted by molar-refractivity contribution is 5.78. The van der Waals surface area contributed by atoms with Crippen LogP contribution < -0.4 is 4.90 Å². The maximum absolute atomic E-state index is 11.2. The van der Waals surface area contributed by atoms with Crippen LogP contribution in [0.5, 0.6) is 0 Å². The van der Waals surface area contributed by atoms with Crippen molar-refractivity contribution in [2.75, 3.05) is 25.1 Å². The van der Waals surface area contributed by atoms with Crippen molar-refractivity contribution >= 4 is 28.5 Å². The number of methoxy groups -OCH3 is 1. The van der Waals surface area contributed by atoms with E-state index in [9.17, 15) is 4.79 Å². The molecule has 0 unspecified atom stereocenters. The van der Waals surface area contributed by atoms with E-state index in [1.807, 2.05) is 0 Å². The van der Waals surface area contributed by atoms with Gasteiger partial charge in [-0.2, -0.15) is 0 Å². The number of aromatic nitrogens is 3. The number of hydrogen-bond donors (Lipinski definition) is 0. The molecule has 2 aromatic heterocycles. The third-order valence-corrected chi connectivity index (χ3v) is 6.07. The molecule has 0 saturated heterocycles. The Morgan fingerprint density at radius 3 is 2.21 bits per heavy atom. The molecule has 2 aromatic rings. The smallest absolute Gasteiger partial charge is 0.305 e. The fourth-order valence-corrected chi connectivity index (χ4v) is 4.09. The third-order valence-electron chi connectivity index (χ3n) is 6.07. The number of nitrogens with zero attached hydrogens (tertiary/aromatic N) is 4. The van der Waals surface area contributed by atoms with Crippen molar-refractivity contribution in [1.82, 2.24) is 14.5 Å². The number of hydrogen-bond acceptors (Lipinski definition) is 5.